The molecule has 1 aromatic rings. The molecule has 0 radical (unpaired) electrons. The fourth-order valence-corrected chi connectivity index (χ4v) is 1.14. The van der Waals surface area contributed by atoms with Gasteiger partial charge in [-0.2, -0.15) is 0 Å². The summed E-state index contributed by atoms with van der Waals surface area (Å²) in [4.78, 5) is 14.6. The summed E-state index contributed by atoms with van der Waals surface area (Å²) >= 11 is 0. The summed E-state index contributed by atoms with van der Waals surface area (Å²) in [5.41, 5.74) is 7.68. The van der Waals surface area contributed by atoms with E-state index in [0.29, 0.717) is 0 Å². The Hall–Kier alpha value is -1.82. The highest BCUT2D eigenvalue weighted by Gasteiger charge is 1.93. The monoisotopic (exact) mass is 188 g/mol. The minimum absolute atomic E-state index is 0.0976. The molecule has 0 fully saturated rings. The van der Waals surface area contributed by atoms with Gasteiger partial charge in [0.05, 0.1) is 6.42 Å². The third kappa shape index (κ3) is 3.28. The number of hydrogen-bond acceptors (Lipinski definition) is 2. The highest BCUT2D eigenvalue weighted by atomic mass is 16.1. The van der Waals surface area contributed by atoms with Crippen LogP contribution in [0.3, 0.4) is 0 Å². The number of amides is 1. The first-order valence-corrected chi connectivity index (χ1v) is 4.30. The minimum atomic E-state index is -0.403. The quantitative estimate of drug-likeness (QED) is 0.666. The Morgan fingerprint density at radius 2 is 2.00 bits per heavy atom. The average Bonchev–Trinajstić information content (AvgIpc) is 2.01. The molecule has 2 N–H and O–H groups in total. The molecule has 1 rings (SSSR count). The van der Waals surface area contributed by atoms with Gasteiger partial charge in [-0.15, -0.1) is 0 Å². The van der Waals surface area contributed by atoms with Crippen LogP contribution in [0.1, 0.15) is 23.4 Å². The molecule has 1 heterocycles. The lowest BCUT2D eigenvalue weighted by molar-refractivity contribution is -0.117. The molecular weight excluding hydrogens is 176 g/mol. The zero-order chi connectivity index (χ0) is 10.6. The SMILES string of the molecule is Cc1cc(C#CCC(N)=O)cc(C)n1. The Morgan fingerprint density at radius 1 is 1.43 bits per heavy atom. The van der Waals surface area contributed by atoms with Crippen molar-refractivity contribution in [1.82, 2.24) is 4.98 Å². The van der Waals surface area contributed by atoms with Crippen LogP contribution in [0.2, 0.25) is 0 Å². The van der Waals surface area contributed by atoms with Crippen LogP contribution in [0.15, 0.2) is 12.1 Å². The second-order valence-corrected chi connectivity index (χ2v) is 3.08. The normalized spacial score (nSPS) is 9.00. The van der Waals surface area contributed by atoms with Crippen molar-refractivity contribution in [2.24, 2.45) is 5.73 Å². The van der Waals surface area contributed by atoms with E-state index in [1.54, 1.807) is 0 Å². The maximum absolute atomic E-state index is 10.4. The van der Waals surface area contributed by atoms with Crippen LogP contribution < -0.4 is 5.73 Å². The summed E-state index contributed by atoms with van der Waals surface area (Å²) in [6.07, 6.45) is 0.0976. The molecule has 0 aliphatic carbocycles. The average molecular weight is 188 g/mol. The Labute approximate surface area is 83.3 Å². The van der Waals surface area contributed by atoms with Gasteiger partial charge in [-0.1, -0.05) is 11.8 Å². The third-order valence-electron chi connectivity index (χ3n) is 1.58. The van der Waals surface area contributed by atoms with Crippen molar-refractivity contribution in [1.29, 1.82) is 0 Å². The fourth-order valence-electron chi connectivity index (χ4n) is 1.14. The van der Waals surface area contributed by atoms with Gasteiger partial charge >= 0.3 is 0 Å². The van der Waals surface area contributed by atoms with Crippen LogP contribution in [0.4, 0.5) is 0 Å². The van der Waals surface area contributed by atoms with Crippen molar-refractivity contribution in [2.75, 3.05) is 0 Å². The van der Waals surface area contributed by atoms with Crippen molar-refractivity contribution < 1.29 is 4.79 Å². The molecule has 0 spiro atoms. The van der Waals surface area contributed by atoms with Crippen LogP contribution in [-0.4, -0.2) is 10.9 Å². The largest absolute Gasteiger partial charge is 0.369 e. The smallest absolute Gasteiger partial charge is 0.229 e. The molecule has 0 saturated heterocycles. The van der Waals surface area contributed by atoms with Crippen LogP contribution in [0, 0.1) is 25.7 Å². The highest BCUT2D eigenvalue weighted by Crippen LogP contribution is 2.02. The van der Waals surface area contributed by atoms with E-state index in [1.807, 2.05) is 26.0 Å². The first-order chi connectivity index (χ1) is 6.58. The summed E-state index contributed by atoms with van der Waals surface area (Å²) in [7, 11) is 0. The number of nitrogens with zero attached hydrogens (tertiary/aromatic N) is 1. The van der Waals surface area contributed by atoms with Gasteiger partial charge in [0.15, 0.2) is 0 Å². The summed E-state index contributed by atoms with van der Waals surface area (Å²) in [5, 5.41) is 0. The molecule has 72 valence electrons. The van der Waals surface area contributed by atoms with E-state index >= 15 is 0 Å². The number of rotatable bonds is 1. The van der Waals surface area contributed by atoms with Gasteiger partial charge in [0.25, 0.3) is 0 Å². The molecule has 0 aliphatic rings. The topological polar surface area (TPSA) is 56.0 Å². The number of aryl methyl sites for hydroxylation is 2. The second-order valence-electron chi connectivity index (χ2n) is 3.08. The van der Waals surface area contributed by atoms with Gasteiger partial charge in [0.1, 0.15) is 0 Å². The van der Waals surface area contributed by atoms with Crippen LogP contribution in [-0.2, 0) is 4.79 Å². The van der Waals surface area contributed by atoms with E-state index in [2.05, 4.69) is 16.8 Å². The number of carbonyl (C=O) groups excluding carboxylic acids is 1. The van der Waals surface area contributed by atoms with Gasteiger partial charge in [-0.05, 0) is 26.0 Å². The second kappa shape index (κ2) is 4.43. The Bertz CT molecular complexity index is 393. The lowest BCUT2D eigenvalue weighted by atomic mass is 10.2. The number of aromatic nitrogens is 1. The van der Waals surface area contributed by atoms with Crippen molar-refractivity contribution in [2.45, 2.75) is 20.3 Å². The van der Waals surface area contributed by atoms with E-state index in [1.165, 1.54) is 0 Å². The van der Waals surface area contributed by atoms with Gasteiger partial charge in [0.2, 0.25) is 5.91 Å². The number of primary amides is 1. The molecular formula is C11H12N2O. The number of carbonyl (C=O) groups is 1. The first-order valence-electron chi connectivity index (χ1n) is 4.30. The molecule has 0 aromatic carbocycles. The van der Waals surface area contributed by atoms with E-state index in [-0.39, 0.29) is 6.42 Å². The molecule has 0 aliphatic heterocycles. The summed E-state index contributed by atoms with van der Waals surface area (Å²) in [5.74, 6) is 5.17. The highest BCUT2D eigenvalue weighted by molar-refractivity contribution is 5.76. The predicted molar refractivity (Wildman–Crippen MR) is 54.4 cm³/mol. The van der Waals surface area contributed by atoms with Gasteiger partial charge in [-0.25, -0.2) is 0 Å². The summed E-state index contributed by atoms with van der Waals surface area (Å²) in [6.45, 7) is 3.82. The van der Waals surface area contributed by atoms with E-state index < -0.39 is 5.91 Å². The Kier molecular flexibility index (Phi) is 3.24. The molecule has 0 atom stereocenters. The van der Waals surface area contributed by atoms with Crippen LogP contribution in [0.5, 0.6) is 0 Å². The Balaban J connectivity index is 2.84. The fraction of sp³-hybridized carbons (Fsp3) is 0.273. The maximum atomic E-state index is 10.4. The van der Waals surface area contributed by atoms with E-state index in [9.17, 15) is 4.79 Å². The van der Waals surface area contributed by atoms with Gasteiger partial charge in [0, 0.05) is 17.0 Å². The molecule has 14 heavy (non-hydrogen) atoms. The van der Waals surface area contributed by atoms with Crippen LogP contribution >= 0.6 is 0 Å². The molecule has 3 heteroatoms. The first kappa shape index (κ1) is 10.3. The van der Waals surface area contributed by atoms with E-state index in [0.717, 1.165) is 17.0 Å². The van der Waals surface area contributed by atoms with Crippen molar-refractivity contribution in [3.05, 3.63) is 29.1 Å². The lowest BCUT2D eigenvalue weighted by Gasteiger charge is -1.96. The third-order valence-corrected chi connectivity index (χ3v) is 1.58. The molecule has 0 unspecified atom stereocenters. The van der Waals surface area contributed by atoms with Gasteiger partial charge in [-0.3, -0.25) is 9.78 Å². The van der Waals surface area contributed by atoms with Crippen molar-refractivity contribution in [3.63, 3.8) is 0 Å². The molecule has 1 aromatic heterocycles. The molecule has 0 saturated carbocycles. The molecule has 0 bridgehead atoms. The maximum Gasteiger partial charge on any atom is 0.229 e. The van der Waals surface area contributed by atoms with E-state index in [4.69, 9.17) is 5.73 Å². The molecule has 1 amide bonds. The summed E-state index contributed by atoms with van der Waals surface area (Å²) in [6, 6.07) is 3.75. The minimum Gasteiger partial charge on any atom is -0.369 e. The van der Waals surface area contributed by atoms with Crippen molar-refractivity contribution >= 4 is 5.91 Å². The zero-order valence-corrected chi connectivity index (χ0v) is 8.29. The predicted octanol–water partition coefficient (Wildman–Crippen LogP) is 0.925. The Morgan fingerprint density at radius 3 is 2.50 bits per heavy atom. The molecule has 3 nitrogen and oxygen atoms in total. The number of hydrogen-bond donors (Lipinski definition) is 1. The number of pyridine rings is 1. The van der Waals surface area contributed by atoms with Gasteiger partial charge < -0.3 is 5.73 Å². The van der Waals surface area contributed by atoms with Crippen molar-refractivity contribution in [3.8, 4) is 11.8 Å². The van der Waals surface area contributed by atoms with Crippen LogP contribution in [0.25, 0.3) is 0 Å². The lowest BCUT2D eigenvalue weighted by Crippen LogP contribution is -2.08. The standard InChI is InChI=1S/C11H12N2O/c1-8-6-10(7-9(2)13-8)4-3-5-11(12)14/h6-7H,5H2,1-2H3,(H2,12,14). The summed E-state index contributed by atoms with van der Waals surface area (Å²) < 4.78 is 0. The number of nitrogens with two attached hydrogens (primary N) is 1. The zero-order valence-electron chi connectivity index (χ0n) is 8.29.